The first-order valence-corrected chi connectivity index (χ1v) is 11.4. The van der Waals surface area contributed by atoms with Crippen LogP contribution >= 0.6 is 0 Å². The Morgan fingerprint density at radius 2 is 1.83 bits per heavy atom. The first-order chi connectivity index (χ1) is 14.1. The zero-order valence-electron chi connectivity index (χ0n) is 17.6. The number of ether oxygens (including phenoxy) is 1. The molecule has 1 aliphatic carbocycles. The summed E-state index contributed by atoms with van der Waals surface area (Å²) in [6.07, 6.45) is 10.8. The first-order valence-electron chi connectivity index (χ1n) is 11.4. The molecule has 1 N–H and O–H groups in total. The topological polar surface area (TPSA) is 58.6 Å². The molecular formula is C24H34N2O3. The minimum absolute atomic E-state index is 0.0103. The van der Waals surface area contributed by atoms with Gasteiger partial charge in [-0.2, -0.15) is 0 Å². The van der Waals surface area contributed by atoms with Crippen LogP contribution in [0.25, 0.3) is 0 Å². The number of amides is 2. The average molecular weight is 399 g/mol. The summed E-state index contributed by atoms with van der Waals surface area (Å²) in [5.41, 5.74) is 0.817. The molecule has 1 aromatic carbocycles. The Morgan fingerprint density at radius 1 is 1.10 bits per heavy atom. The van der Waals surface area contributed by atoms with Gasteiger partial charge in [0.05, 0.1) is 6.10 Å². The molecule has 1 aromatic rings. The molecule has 2 amide bonds. The molecular weight excluding hydrogens is 364 g/mol. The molecule has 158 valence electrons. The fourth-order valence-corrected chi connectivity index (χ4v) is 5.14. The number of carbonyl (C=O) groups is 2. The van der Waals surface area contributed by atoms with Crippen LogP contribution in [0.2, 0.25) is 0 Å². The summed E-state index contributed by atoms with van der Waals surface area (Å²) < 4.78 is 5.82. The van der Waals surface area contributed by atoms with Crippen LogP contribution in [0, 0.1) is 0 Å². The molecule has 2 aliphatic heterocycles. The van der Waals surface area contributed by atoms with Gasteiger partial charge in [0, 0.05) is 31.2 Å². The second kappa shape index (κ2) is 8.86. The van der Waals surface area contributed by atoms with Crippen molar-refractivity contribution in [3.8, 4) is 0 Å². The largest absolute Gasteiger partial charge is 0.376 e. The van der Waals surface area contributed by atoms with Gasteiger partial charge in [-0.15, -0.1) is 0 Å². The van der Waals surface area contributed by atoms with E-state index in [2.05, 4.69) is 5.32 Å². The number of nitrogens with one attached hydrogen (secondary N) is 1. The zero-order chi connectivity index (χ0) is 20.3. The number of hydrogen-bond acceptors (Lipinski definition) is 3. The van der Waals surface area contributed by atoms with Gasteiger partial charge in [-0.1, -0.05) is 50.3 Å². The summed E-state index contributed by atoms with van der Waals surface area (Å²) in [5, 5.41) is 3.33. The van der Waals surface area contributed by atoms with E-state index in [0.717, 1.165) is 43.4 Å². The summed E-state index contributed by atoms with van der Waals surface area (Å²) in [7, 11) is 0. The van der Waals surface area contributed by atoms with E-state index >= 15 is 0 Å². The van der Waals surface area contributed by atoms with Gasteiger partial charge >= 0.3 is 0 Å². The number of nitrogens with zero attached hydrogens (tertiary/aromatic N) is 1. The van der Waals surface area contributed by atoms with Crippen LogP contribution in [0.4, 0.5) is 0 Å². The Balaban J connectivity index is 1.57. The molecule has 5 nitrogen and oxygen atoms in total. The highest BCUT2D eigenvalue weighted by Crippen LogP contribution is 2.33. The Labute approximate surface area is 174 Å². The van der Waals surface area contributed by atoms with Crippen LogP contribution in [-0.4, -0.2) is 47.6 Å². The highest BCUT2D eigenvalue weighted by atomic mass is 16.5. The van der Waals surface area contributed by atoms with Crippen molar-refractivity contribution >= 4 is 11.8 Å². The lowest BCUT2D eigenvalue weighted by atomic mass is 9.82. The smallest absolute Gasteiger partial charge is 0.255 e. The van der Waals surface area contributed by atoms with E-state index in [4.69, 9.17) is 4.74 Å². The number of benzene rings is 1. The van der Waals surface area contributed by atoms with Crippen molar-refractivity contribution in [1.29, 1.82) is 0 Å². The maximum atomic E-state index is 13.6. The summed E-state index contributed by atoms with van der Waals surface area (Å²) in [6, 6.07) is 7.94. The van der Waals surface area contributed by atoms with E-state index in [9.17, 15) is 9.59 Å². The molecule has 0 spiro atoms. The van der Waals surface area contributed by atoms with Gasteiger partial charge in [-0.05, 0) is 44.2 Å². The molecule has 0 bridgehead atoms. The molecule has 2 heterocycles. The van der Waals surface area contributed by atoms with E-state index in [1.165, 1.54) is 32.1 Å². The Bertz CT molecular complexity index is 735. The standard InChI is InChI=1S/C24H34N2O3/c1-24(23(28)25-19-11-5-3-2-4-6-12-19)16-18-10-7-8-14-21(18)22(27)26(24)17-20-13-9-15-29-20/h7-8,10,14,19-20H,2-6,9,11-13,15-17H2,1H3,(H,25,28)/t20-,24+/m0/s1. The van der Waals surface area contributed by atoms with Gasteiger partial charge in [0.25, 0.3) is 5.91 Å². The van der Waals surface area contributed by atoms with E-state index in [1.54, 1.807) is 4.90 Å². The summed E-state index contributed by atoms with van der Waals surface area (Å²) in [5.74, 6) is -0.0541. The van der Waals surface area contributed by atoms with Crippen molar-refractivity contribution in [2.75, 3.05) is 13.2 Å². The maximum Gasteiger partial charge on any atom is 0.255 e. The number of fused-ring (bicyclic) bond motifs is 1. The van der Waals surface area contributed by atoms with Gasteiger partial charge in [-0.25, -0.2) is 0 Å². The Kier molecular flexibility index (Phi) is 6.23. The zero-order valence-corrected chi connectivity index (χ0v) is 17.6. The molecule has 2 atom stereocenters. The van der Waals surface area contributed by atoms with E-state index in [1.807, 2.05) is 31.2 Å². The quantitative estimate of drug-likeness (QED) is 0.838. The van der Waals surface area contributed by atoms with Crippen LogP contribution in [0.3, 0.4) is 0 Å². The summed E-state index contributed by atoms with van der Waals surface area (Å²) >= 11 is 0. The van der Waals surface area contributed by atoms with Crippen molar-refractivity contribution in [2.24, 2.45) is 0 Å². The number of hydrogen-bond donors (Lipinski definition) is 1. The fourth-order valence-electron chi connectivity index (χ4n) is 5.14. The second-order valence-electron chi connectivity index (χ2n) is 9.17. The van der Waals surface area contributed by atoms with Crippen molar-refractivity contribution in [3.05, 3.63) is 35.4 Å². The van der Waals surface area contributed by atoms with Gasteiger partial charge in [-0.3, -0.25) is 9.59 Å². The molecule has 1 saturated heterocycles. The van der Waals surface area contributed by atoms with Crippen LogP contribution < -0.4 is 5.32 Å². The van der Waals surface area contributed by atoms with Gasteiger partial charge in [0.2, 0.25) is 5.91 Å². The van der Waals surface area contributed by atoms with E-state index in [-0.39, 0.29) is 24.0 Å². The molecule has 29 heavy (non-hydrogen) atoms. The molecule has 0 aromatic heterocycles. The van der Waals surface area contributed by atoms with Gasteiger partial charge in [0.1, 0.15) is 5.54 Å². The summed E-state index contributed by atoms with van der Waals surface area (Å²) in [6.45, 7) is 3.17. The monoisotopic (exact) mass is 398 g/mol. The lowest BCUT2D eigenvalue weighted by Gasteiger charge is -2.45. The lowest BCUT2D eigenvalue weighted by Crippen LogP contribution is -2.64. The van der Waals surface area contributed by atoms with E-state index < -0.39 is 5.54 Å². The van der Waals surface area contributed by atoms with Gasteiger partial charge < -0.3 is 15.0 Å². The lowest BCUT2D eigenvalue weighted by molar-refractivity contribution is -0.133. The maximum absolute atomic E-state index is 13.6. The van der Waals surface area contributed by atoms with Crippen molar-refractivity contribution in [3.63, 3.8) is 0 Å². The van der Waals surface area contributed by atoms with Crippen LogP contribution in [0.5, 0.6) is 0 Å². The minimum Gasteiger partial charge on any atom is -0.376 e. The normalized spacial score (nSPS) is 28.5. The third-order valence-electron chi connectivity index (χ3n) is 6.96. The highest BCUT2D eigenvalue weighted by molar-refractivity contribution is 6.02. The predicted molar refractivity (Wildman–Crippen MR) is 113 cm³/mol. The Hall–Kier alpha value is -1.88. The van der Waals surface area contributed by atoms with Gasteiger partial charge in [0.15, 0.2) is 0 Å². The molecule has 5 heteroatoms. The number of rotatable bonds is 4. The molecule has 4 rings (SSSR count). The molecule has 2 fully saturated rings. The van der Waals surface area contributed by atoms with Crippen LogP contribution in [0.15, 0.2) is 24.3 Å². The number of carbonyl (C=O) groups excluding carboxylic acids is 2. The van der Waals surface area contributed by atoms with Crippen molar-refractivity contribution in [1.82, 2.24) is 10.2 Å². The molecule has 3 aliphatic rings. The Morgan fingerprint density at radius 3 is 2.55 bits per heavy atom. The van der Waals surface area contributed by atoms with Crippen LogP contribution in [0.1, 0.15) is 80.6 Å². The predicted octanol–water partition coefficient (Wildman–Crippen LogP) is 3.85. The SMILES string of the molecule is C[C@]1(C(=O)NC2CCCCCCC2)Cc2ccccc2C(=O)N1C[C@@H]1CCCO1. The molecule has 0 radical (unpaired) electrons. The molecule has 0 unspecified atom stereocenters. The molecule has 1 saturated carbocycles. The third-order valence-corrected chi connectivity index (χ3v) is 6.96. The highest BCUT2D eigenvalue weighted by Gasteiger charge is 2.48. The average Bonchev–Trinajstić information content (AvgIpc) is 3.20. The van der Waals surface area contributed by atoms with E-state index in [0.29, 0.717) is 13.0 Å². The van der Waals surface area contributed by atoms with Crippen molar-refractivity contribution < 1.29 is 14.3 Å². The van der Waals surface area contributed by atoms with Crippen LogP contribution in [-0.2, 0) is 16.0 Å². The third kappa shape index (κ3) is 4.35. The minimum atomic E-state index is -0.875. The fraction of sp³-hybridized carbons (Fsp3) is 0.667. The first kappa shape index (κ1) is 20.4. The summed E-state index contributed by atoms with van der Waals surface area (Å²) in [4.78, 5) is 28.8. The van der Waals surface area contributed by atoms with Crippen molar-refractivity contribution in [2.45, 2.75) is 88.8 Å². The second-order valence-corrected chi connectivity index (χ2v) is 9.17.